The van der Waals surface area contributed by atoms with Crippen LogP contribution < -0.4 is 4.74 Å². The fourth-order valence-electron chi connectivity index (χ4n) is 1.39. The second-order valence-electron chi connectivity index (χ2n) is 3.22. The minimum atomic E-state index is 0.441. The molecule has 0 bridgehead atoms. The Morgan fingerprint density at radius 1 is 1.41 bits per heavy atom. The smallest absolute Gasteiger partial charge is 0.153 e. The molecule has 0 saturated carbocycles. The highest BCUT2D eigenvalue weighted by Gasteiger charge is 2.06. The number of aromatic nitrogens is 4. The Balaban J connectivity index is 2.57. The van der Waals surface area contributed by atoms with Crippen LogP contribution in [0, 0.1) is 6.92 Å². The predicted octanol–water partition coefficient (Wildman–Crippen LogP) is 1.92. The zero-order chi connectivity index (χ0) is 12.3. The third-order valence-corrected chi connectivity index (χ3v) is 2.14. The summed E-state index contributed by atoms with van der Waals surface area (Å²) in [6.45, 7) is 1.77. The van der Waals surface area contributed by atoms with E-state index >= 15 is 0 Å². The fourth-order valence-corrected chi connectivity index (χ4v) is 1.39. The van der Waals surface area contributed by atoms with E-state index < -0.39 is 0 Å². The van der Waals surface area contributed by atoms with Crippen molar-refractivity contribution in [3.8, 4) is 11.4 Å². The number of benzene rings is 1. The van der Waals surface area contributed by atoms with Crippen molar-refractivity contribution in [2.75, 3.05) is 7.11 Å². The number of hydrogen-bond donors (Lipinski definition) is 0. The van der Waals surface area contributed by atoms with Crippen molar-refractivity contribution in [3.63, 3.8) is 0 Å². The standard InChI is InChI=1S/C9H9N7O/c1-6-11-14-15-16(6)8-3-7(12-13-10)4-9(5-8)17-2/h3-5H,1-2H3. The summed E-state index contributed by atoms with van der Waals surface area (Å²) >= 11 is 0. The molecule has 8 nitrogen and oxygen atoms in total. The summed E-state index contributed by atoms with van der Waals surface area (Å²) in [6, 6.07) is 5.05. The van der Waals surface area contributed by atoms with Gasteiger partial charge in [-0.25, -0.2) is 0 Å². The van der Waals surface area contributed by atoms with Gasteiger partial charge in [0.2, 0.25) is 0 Å². The highest BCUT2D eigenvalue weighted by Crippen LogP contribution is 2.25. The van der Waals surface area contributed by atoms with Gasteiger partial charge in [-0.1, -0.05) is 5.11 Å². The average molecular weight is 231 g/mol. The van der Waals surface area contributed by atoms with Gasteiger partial charge < -0.3 is 4.74 Å². The number of nitrogens with zero attached hydrogens (tertiary/aromatic N) is 7. The number of tetrazole rings is 1. The Morgan fingerprint density at radius 3 is 2.82 bits per heavy atom. The second kappa shape index (κ2) is 4.50. The molecule has 0 atom stereocenters. The summed E-state index contributed by atoms with van der Waals surface area (Å²) < 4.78 is 6.64. The summed E-state index contributed by atoms with van der Waals surface area (Å²) in [6.07, 6.45) is 0. The molecule has 86 valence electrons. The molecule has 0 aliphatic heterocycles. The molecular weight excluding hydrogens is 222 g/mol. The first-order valence-corrected chi connectivity index (χ1v) is 4.74. The van der Waals surface area contributed by atoms with E-state index in [4.69, 9.17) is 10.3 Å². The summed E-state index contributed by atoms with van der Waals surface area (Å²) in [5.74, 6) is 1.20. The Hall–Kier alpha value is -2.60. The summed E-state index contributed by atoms with van der Waals surface area (Å²) in [5.41, 5.74) is 9.55. The lowest BCUT2D eigenvalue weighted by molar-refractivity contribution is 0.414. The SMILES string of the molecule is COc1cc(N=[N+]=[N-])cc(-n2nnnc2C)c1. The van der Waals surface area contributed by atoms with E-state index in [1.165, 1.54) is 11.8 Å². The van der Waals surface area contributed by atoms with Gasteiger partial charge >= 0.3 is 0 Å². The van der Waals surface area contributed by atoms with Crippen molar-refractivity contribution >= 4 is 5.69 Å². The van der Waals surface area contributed by atoms with Crippen LogP contribution >= 0.6 is 0 Å². The molecule has 1 aromatic carbocycles. The maximum atomic E-state index is 8.43. The first-order valence-electron chi connectivity index (χ1n) is 4.74. The van der Waals surface area contributed by atoms with Gasteiger partial charge in [0.15, 0.2) is 5.82 Å². The van der Waals surface area contributed by atoms with Gasteiger partial charge in [0.25, 0.3) is 0 Å². The van der Waals surface area contributed by atoms with Gasteiger partial charge in [-0.05, 0) is 35.0 Å². The van der Waals surface area contributed by atoms with Crippen LogP contribution in [-0.2, 0) is 0 Å². The zero-order valence-electron chi connectivity index (χ0n) is 9.27. The Labute approximate surface area is 96.4 Å². The third-order valence-electron chi connectivity index (χ3n) is 2.14. The van der Waals surface area contributed by atoms with Crippen LogP contribution in [0.3, 0.4) is 0 Å². The summed E-state index contributed by atoms with van der Waals surface area (Å²) in [4.78, 5) is 2.73. The van der Waals surface area contributed by atoms with Gasteiger partial charge in [-0.2, -0.15) is 4.68 Å². The van der Waals surface area contributed by atoms with E-state index in [2.05, 4.69) is 25.6 Å². The summed E-state index contributed by atoms with van der Waals surface area (Å²) in [7, 11) is 1.53. The van der Waals surface area contributed by atoms with Crippen molar-refractivity contribution in [2.45, 2.75) is 6.92 Å². The molecule has 17 heavy (non-hydrogen) atoms. The first-order chi connectivity index (χ1) is 8.24. The van der Waals surface area contributed by atoms with Crippen LogP contribution in [0.5, 0.6) is 5.75 Å². The number of rotatable bonds is 3. The molecule has 8 heteroatoms. The molecule has 0 aliphatic rings. The average Bonchev–Trinajstić information content (AvgIpc) is 2.75. The van der Waals surface area contributed by atoms with Gasteiger partial charge in [0.1, 0.15) is 5.75 Å². The predicted molar refractivity (Wildman–Crippen MR) is 59.2 cm³/mol. The molecular formula is C9H9N7O. The van der Waals surface area contributed by atoms with Crippen molar-refractivity contribution in [2.24, 2.45) is 5.11 Å². The Morgan fingerprint density at radius 2 is 2.24 bits per heavy atom. The van der Waals surface area contributed by atoms with Crippen molar-refractivity contribution in [1.82, 2.24) is 20.2 Å². The van der Waals surface area contributed by atoms with Crippen molar-refractivity contribution in [1.29, 1.82) is 0 Å². The minimum absolute atomic E-state index is 0.441. The molecule has 1 heterocycles. The molecule has 1 aromatic heterocycles. The quantitative estimate of drug-likeness (QED) is 0.457. The summed E-state index contributed by atoms with van der Waals surface area (Å²) in [5, 5.41) is 14.7. The third kappa shape index (κ3) is 2.16. The van der Waals surface area contributed by atoms with Crippen LogP contribution in [0.15, 0.2) is 23.3 Å². The van der Waals surface area contributed by atoms with E-state index in [9.17, 15) is 0 Å². The molecule has 2 aromatic rings. The monoisotopic (exact) mass is 231 g/mol. The van der Waals surface area contributed by atoms with Gasteiger partial charge in [0.05, 0.1) is 12.8 Å². The van der Waals surface area contributed by atoms with Crippen molar-refractivity contribution in [3.05, 3.63) is 34.5 Å². The van der Waals surface area contributed by atoms with E-state index in [-0.39, 0.29) is 0 Å². The normalized spacial score (nSPS) is 9.76. The van der Waals surface area contributed by atoms with Crippen LogP contribution in [0.4, 0.5) is 5.69 Å². The molecule has 0 saturated heterocycles. The first kappa shape index (κ1) is 10.9. The number of ether oxygens (including phenoxy) is 1. The maximum absolute atomic E-state index is 8.43. The van der Waals surface area contributed by atoms with Gasteiger partial charge in [-0.3, -0.25) is 0 Å². The molecule has 0 spiro atoms. The lowest BCUT2D eigenvalue weighted by atomic mass is 10.2. The highest BCUT2D eigenvalue weighted by atomic mass is 16.5. The molecule has 0 fully saturated rings. The van der Waals surface area contributed by atoms with Crippen LogP contribution in [0.1, 0.15) is 5.82 Å². The number of aryl methyl sites for hydroxylation is 1. The second-order valence-corrected chi connectivity index (χ2v) is 3.22. The van der Waals surface area contributed by atoms with E-state index in [1.807, 2.05) is 0 Å². The van der Waals surface area contributed by atoms with Crippen molar-refractivity contribution < 1.29 is 4.74 Å². The van der Waals surface area contributed by atoms with E-state index in [1.54, 1.807) is 25.1 Å². The van der Waals surface area contributed by atoms with E-state index in [0.717, 1.165) is 0 Å². The minimum Gasteiger partial charge on any atom is -0.497 e. The topological polar surface area (TPSA) is 102 Å². The van der Waals surface area contributed by atoms with Gasteiger partial charge in [0, 0.05) is 16.7 Å². The van der Waals surface area contributed by atoms with Crippen LogP contribution in [0.25, 0.3) is 16.1 Å². The Bertz CT molecular complexity index is 585. The number of azide groups is 1. The maximum Gasteiger partial charge on any atom is 0.153 e. The number of methoxy groups -OCH3 is 1. The number of hydrogen-bond acceptors (Lipinski definition) is 5. The lowest BCUT2D eigenvalue weighted by Gasteiger charge is -2.06. The fraction of sp³-hybridized carbons (Fsp3) is 0.222. The lowest BCUT2D eigenvalue weighted by Crippen LogP contribution is -1.99. The van der Waals surface area contributed by atoms with Crippen LogP contribution in [0.2, 0.25) is 0 Å². The van der Waals surface area contributed by atoms with E-state index in [0.29, 0.717) is 22.9 Å². The molecule has 0 amide bonds. The molecule has 0 radical (unpaired) electrons. The van der Waals surface area contributed by atoms with Gasteiger partial charge in [-0.15, -0.1) is 5.10 Å². The van der Waals surface area contributed by atoms with Crippen LogP contribution in [-0.4, -0.2) is 27.3 Å². The molecule has 2 rings (SSSR count). The molecule has 0 unspecified atom stereocenters. The molecule has 0 aliphatic carbocycles. The molecule has 0 N–H and O–H groups in total. The zero-order valence-corrected chi connectivity index (χ0v) is 9.27. The highest BCUT2D eigenvalue weighted by molar-refractivity contribution is 5.52. The largest absolute Gasteiger partial charge is 0.497 e. The Kier molecular flexibility index (Phi) is 2.89.